The van der Waals surface area contributed by atoms with Crippen LogP contribution in [-0.4, -0.2) is 27.0 Å². The molecule has 0 N–H and O–H groups in total. The lowest BCUT2D eigenvalue weighted by atomic mass is 9.82. The first kappa shape index (κ1) is 15.6. The fraction of sp³-hybridized carbons (Fsp3) is 0.650. The first-order chi connectivity index (χ1) is 11.8. The third-order valence-corrected chi connectivity index (χ3v) is 9.12. The molecule has 1 aromatic rings. The Morgan fingerprint density at radius 2 is 1.62 bits per heavy atom. The quantitative estimate of drug-likeness (QED) is 0.567. The Balaban J connectivity index is 1.31. The molecular weight excluding hydrogens is 336 g/mol. The Morgan fingerprint density at radius 1 is 0.917 bits per heavy atom. The second-order valence-corrected chi connectivity index (χ2v) is 10.7. The normalized spacial score (nSPS) is 40.8. The summed E-state index contributed by atoms with van der Waals surface area (Å²) in [6.45, 7) is 0. The van der Waals surface area contributed by atoms with Crippen molar-refractivity contribution < 1.29 is 9.53 Å². The standard InChI is InChI=1S/C20H24O2S2/c21-20(14-7-9-16-18(11-14)24-16)22-19(12-4-2-1-3-5-12)13-6-8-15-17(10-13)23-15/h1-5,13-19H,6-11H2. The van der Waals surface area contributed by atoms with Gasteiger partial charge in [-0.05, 0) is 44.1 Å². The van der Waals surface area contributed by atoms with Crippen molar-refractivity contribution in [2.75, 3.05) is 0 Å². The molecule has 5 rings (SSSR count). The van der Waals surface area contributed by atoms with Crippen molar-refractivity contribution in [2.45, 2.75) is 65.6 Å². The number of carbonyl (C=O) groups excluding carboxylic acids is 1. The average molecular weight is 361 g/mol. The number of carbonyl (C=O) groups is 1. The maximum absolute atomic E-state index is 12.8. The predicted octanol–water partition coefficient (Wildman–Crippen LogP) is 4.84. The molecule has 4 heteroatoms. The van der Waals surface area contributed by atoms with Crippen molar-refractivity contribution in [1.29, 1.82) is 0 Å². The SMILES string of the molecule is O=C(OC(c1ccccc1)C1CCC2SC2C1)C1CCC2SC2C1. The zero-order valence-corrected chi connectivity index (χ0v) is 15.4. The number of hydrogen-bond donors (Lipinski definition) is 0. The van der Waals surface area contributed by atoms with E-state index in [2.05, 4.69) is 47.8 Å². The minimum absolute atomic E-state index is 0.0366. The van der Waals surface area contributed by atoms with Crippen LogP contribution in [0.15, 0.2) is 30.3 Å². The summed E-state index contributed by atoms with van der Waals surface area (Å²) in [4.78, 5) is 12.8. The number of fused-ring (bicyclic) bond motifs is 2. The monoisotopic (exact) mass is 360 g/mol. The van der Waals surface area contributed by atoms with Crippen molar-refractivity contribution in [3.8, 4) is 0 Å². The second kappa shape index (κ2) is 6.28. The van der Waals surface area contributed by atoms with Crippen LogP contribution in [0.5, 0.6) is 0 Å². The molecule has 2 nitrogen and oxygen atoms in total. The van der Waals surface area contributed by atoms with E-state index < -0.39 is 0 Å². The summed E-state index contributed by atoms with van der Waals surface area (Å²) in [7, 11) is 0. The average Bonchev–Trinajstić information content (AvgIpc) is 3.53. The lowest BCUT2D eigenvalue weighted by Crippen LogP contribution is -2.29. The summed E-state index contributed by atoms with van der Waals surface area (Å²) in [5.41, 5.74) is 1.19. The maximum Gasteiger partial charge on any atom is 0.309 e. The highest BCUT2D eigenvalue weighted by Gasteiger charge is 2.48. The Morgan fingerprint density at radius 3 is 2.33 bits per heavy atom. The summed E-state index contributed by atoms with van der Waals surface area (Å²) < 4.78 is 6.19. The summed E-state index contributed by atoms with van der Waals surface area (Å²) in [6.07, 6.45) is 6.95. The highest BCUT2D eigenvalue weighted by molar-refractivity contribution is 8.07. The smallest absolute Gasteiger partial charge is 0.309 e. The van der Waals surface area contributed by atoms with Crippen molar-refractivity contribution >= 4 is 29.5 Å². The van der Waals surface area contributed by atoms with Gasteiger partial charge < -0.3 is 4.74 Å². The predicted molar refractivity (Wildman–Crippen MR) is 100 cm³/mol. The first-order valence-corrected chi connectivity index (χ1v) is 11.2. The van der Waals surface area contributed by atoms with E-state index in [9.17, 15) is 4.79 Å². The molecule has 2 heterocycles. The molecule has 0 aromatic heterocycles. The van der Waals surface area contributed by atoms with E-state index in [4.69, 9.17) is 4.74 Å². The molecule has 128 valence electrons. The van der Waals surface area contributed by atoms with Crippen LogP contribution < -0.4 is 0 Å². The van der Waals surface area contributed by atoms with Crippen LogP contribution in [-0.2, 0) is 9.53 Å². The first-order valence-electron chi connectivity index (χ1n) is 9.34. The van der Waals surface area contributed by atoms with Crippen molar-refractivity contribution in [1.82, 2.24) is 0 Å². The minimum Gasteiger partial charge on any atom is -0.457 e. The lowest BCUT2D eigenvalue weighted by molar-refractivity contribution is -0.159. The van der Waals surface area contributed by atoms with Crippen LogP contribution in [0.4, 0.5) is 0 Å². The van der Waals surface area contributed by atoms with Crippen molar-refractivity contribution in [3.63, 3.8) is 0 Å². The van der Waals surface area contributed by atoms with Gasteiger partial charge in [-0.2, -0.15) is 23.5 Å². The molecule has 0 radical (unpaired) electrons. The third-order valence-electron chi connectivity index (χ3n) is 6.18. The molecule has 7 atom stereocenters. The topological polar surface area (TPSA) is 26.3 Å². The second-order valence-electron chi connectivity index (χ2n) is 7.78. The van der Waals surface area contributed by atoms with Crippen LogP contribution in [0.3, 0.4) is 0 Å². The fourth-order valence-electron chi connectivity index (χ4n) is 4.63. The summed E-state index contributed by atoms with van der Waals surface area (Å²) in [6, 6.07) is 10.5. The largest absolute Gasteiger partial charge is 0.457 e. The van der Waals surface area contributed by atoms with Crippen LogP contribution in [0.1, 0.15) is 50.2 Å². The van der Waals surface area contributed by atoms with E-state index in [1.54, 1.807) is 0 Å². The molecule has 2 aliphatic carbocycles. The highest BCUT2D eigenvalue weighted by Crippen LogP contribution is 2.56. The van der Waals surface area contributed by atoms with Gasteiger partial charge in [-0.3, -0.25) is 4.79 Å². The fourth-order valence-corrected chi connectivity index (χ4v) is 7.09. The Bertz CT molecular complexity index is 619. The number of thioether (sulfide) groups is 2. The molecular formula is C20H24O2S2. The van der Waals surface area contributed by atoms with Gasteiger partial charge >= 0.3 is 5.97 Å². The molecule has 2 saturated heterocycles. The zero-order chi connectivity index (χ0) is 16.1. The van der Waals surface area contributed by atoms with Gasteiger partial charge in [0.05, 0.1) is 5.92 Å². The molecule has 2 saturated carbocycles. The van der Waals surface area contributed by atoms with Gasteiger partial charge in [0.1, 0.15) is 6.10 Å². The maximum atomic E-state index is 12.8. The molecule has 4 fully saturated rings. The van der Waals surface area contributed by atoms with Crippen LogP contribution in [0, 0.1) is 11.8 Å². The van der Waals surface area contributed by atoms with Crippen LogP contribution in [0.25, 0.3) is 0 Å². The number of benzene rings is 1. The van der Waals surface area contributed by atoms with Crippen LogP contribution in [0.2, 0.25) is 0 Å². The molecule has 0 spiro atoms. The molecule has 7 unspecified atom stereocenters. The molecule has 24 heavy (non-hydrogen) atoms. The molecule has 2 aliphatic heterocycles. The van der Waals surface area contributed by atoms with Gasteiger partial charge in [-0.15, -0.1) is 0 Å². The van der Waals surface area contributed by atoms with Gasteiger partial charge in [0.25, 0.3) is 0 Å². The van der Waals surface area contributed by atoms with Gasteiger partial charge in [0.2, 0.25) is 0 Å². The number of rotatable bonds is 4. The summed E-state index contributed by atoms with van der Waals surface area (Å²) in [5.74, 6) is 0.707. The molecule has 0 amide bonds. The Hall–Kier alpha value is -0.610. The van der Waals surface area contributed by atoms with Gasteiger partial charge in [-0.1, -0.05) is 30.3 Å². The van der Waals surface area contributed by atoms with E-state index in [-0.39, 0.29) is 18.0 Å². The van der Waals surface area contributed by atoms with E-state index in [0.29, 0.717) is 5.92 Å². The molecule has 4 aliphatic rings. The van der Waals surface area contributed by atoms with E-state index in [1.807, 2.05) is 6.07 Å². The lowest BCUT2D eigenvalue weighted by Gasteiger charge is -2.31. The van der Waals surface area contributed by atoms with Crippen molar-refractivity contribution in [3.05, 3.63) is 35.9 Å². The van der Waals surface area contributed by atoms with Gasteiger partial charge in [0.15, 0.2) is 0 Å². The molecule has 1 aromatic carbocycles. The van der Waals surface area contributed by atoms with E-state index >= 15 is 0 Å². The highest BCUT2D eigenvalue weighted by atomic mass is 32.2. The Labute approximate surface area is 152 Å². The Kier molecular flexibility index (Phi) is 4.09. The number of hydrogen-bond acceptors (Lipinski definition) is 4. The van der Waals surface area contributed by atoms with Crippen LogP contribution >= 0.6 is 23.5 Å². The van der Waals surface area contributed by atoms with Crippen molar-refractivity contribution in [2.24, 2.45) is 11.8 Å². The molecule has 0 bridgehead atoms. The number of esters is 1. The number of ether oxygens (including phenoxy) is 1. The zero-order valence-electron chi connectivity index (χ0n) is 13.8. The summed E-state index contributed by atoms with van der Waals surface area (Å²) in [5, 5.41) is 3.31. The van der Waals surface area contributed by atoms with E-state index in [1.165, 1.54) is 31.2 Å². The summed E-state index contributed by atoms with van der Waals surface area (Å²) >= 11 is 4.18. The van der Waals surface area contributed by atoms with E-state index in [0.717, 1.165) is 33.8 Å². The van der Waals surface area contributed by atoms with Gasteiger partial charge in [-0.25, -0.2) is 0 Å². The minimum atomic E-state index is -0.0366. The third kappa shape index (κ3) is 3.12. The van der Waals surface area contributed by atoms with Gasteiger partial charge in [0, 0.05) is 26.9 Å².